The van der Waals surface area contributed by atoms with Crippen LogP contribution in [0, 0.1) is 0 Å². The minimum absolute atomic E-state index is 0.353. The van der Waals surface area contributed by atoms with Crippen molar-refractivity contribution in [3.63, 3.8) is 0 Å². The summed E-state index contributed by atoms with van der Waals surface area (Å²) >= 11 is 6.55. The van der Waals surface area contributed by atoms with Gasteiger partial charge in [-0.15, -0.1) is 23.5 Å². The predicted molar refractivity (Wildman–Crippen MR) is 198 cm³/mol. The molecule has 18 heteroatoms. The summed E-state index contributed by atoms with van der Waals surface area (Å²) in [7, 11) is 1.61. The number of nitrogens with zero attached hydrogens (tertiary/aromatic N) is 6. The Morgan fingerprint density at radius 3 is 1.74 bits per heavy atom. The van der Waals surface area contributed by atoms with Gasteiger partial charge in [-0.1, -0.05) is 19.9 Å². The number of hydrogen-bond donors (Lipinski definition) is 4. The Bertz CT molecular complexity index is 2080. The van der Waals surface area contributed by atoms with Gasteiger partial charge in [-0.25, -0.2) is 19.0 Å². The van der Waals surface area contributed by atoms with Crippen molar-refractivity contribution in [3.8, 4) is 22.9 Å². The molecule has 260 valence electrons. The van der Waals surface area contributed by atoms with E-state index in [1.807, 2.05) is 50.5 Å². The highest BCUT2D eigenvalue weighted by molar-refractivity contribution is 9.10. The minimum atomic E-state index is -1.46. The topological polar surface area (TPSA) is 205 Å². The fraction of sp³-hybridized carbons (Fsp3) is 0.188. The van der Waals surface area contributed by atoms with Crippen LogP contribution in [0.5, 0.6) is 11.8 Å². The number of fused-ring (bicyclic) bond motifs is 2. The number of ether oxygens (including phenoxy) is 2. The molecule has 0 aliphatic rings. The lowest BCUT2D eigenvalue weighted by Gasteiger charge is -2.06. The second-order valence-electron chi connectivity index (χ2n) is 10.0. The molecule has 6 aromatic heterocycles. The van der Waals surface area contributed by atoms with Gasteiger partial charge < -0.3 is 31.0 Å². The van der Waals surface area contributed by atoms with Crippen molar-refractivity contribution in [2.24, 2.45) is 11.5 Å². The third-order valence-corrected chi connectivity index (χ3v) is 9.24. The Morgan fingerprint density at radius 2 is 1.30 bits per heavy atom. The van der Waals surface area contributed by atoms with Gasteiger partial charge in [0.25, 0.3) is 11.8 Å². The molecule has 0 unspecified atom stereocenters. The van der Waals surface area contributed by atoms with E-state index in [0.717, 1.165) is 47.9 Å². The summed E-state index contributed by atoms with van der Waals surface area (Å²) in [5, 5.41) is 25.7. The minimum Gasteiger partial charge on any atom is -0.481 e. The molecule has 0 fully saturated rings. The average molecular weight is 782 g/mol. The van der Waals surface area contributed by atoms with Gasteiger partial charge in [0.1, 0.15) is 0 Å². The number of aromatic nitrogens is 6. The SMILES string of the molecule is CCSc1c(C(N)=O)cnn2cc(-c3ccc(OC)nc3)cc12.CCSc1c(C(N)=O)cnn2cc(Br)cc12.COc1ccc(B(O)O)cn1. The summed E-state index contributed by atoms with van der Waals surface area (Å²) in [6, 6.07) is 10.8. The highest BCUT2D eigenvalue weighted by Gasteiger charge is 2.16. The van der Waals surface area contributed by atoms with Gasteiger partial charge in [0, 0.05) is 61.7 Å². The van der Waals surface area contributed by atoms with Crippen LogP contribution >= 0.6 is 39.5 Å². The highest BCUT2D eigenvalue weighted by Crippen LogP contribution is 2.32. The normalized spacial score (nSPS) is 10.5. The van der Waals surface area contributed by atoms with Crippen molar-refractivity contribution in [2.75, 3.05) is 25.7 Å². The molecule has 0 aliphatic heterocycles. The van der Waals surface area contributed by atoms with Gasteiger partial charge in [-0.2, -0.15) is 10.2 Å². The molecule has 0 atom stereocenters. The fourth-order valence-corrected chi connectivity index (χ4v) is 6.68. The third kappa shape index (κ3) is 9.33. The second-order valence-corrected chi connectivity index (χ2v) is 13.5. The van der Waals surface area contributed by atoms with E-state index in [9.17, 15) is 9.59 Å². The number of pyridine rings is 2. The van der Waals surface area contributed by atoms with E-state index < -0.39 is 18.9 Å². The van der Waals surface area contributed by atoms with Crippen LogP contribution in [0.1, 0.15) is 34.6 Å². The molecule has 6 N–H and O–H groups in total. The van der Waals surface area contributed by atoms with E-state index in [4.69, 9.17) is 31.0 Å². The maximum atomic E-state index is 11.6. The van der Waals surface area contributed by atoms with Crippen LogP contribution < -0.4 is 26.4 Å². The van der Waals surface area contributed by atoms with E-state index in [0.29, 0.717) is 28.3 Å². The van der Waals surface area contributed by atoms with Crippen LogP contribution in [0.25, 0.3) is 22.2 Å². The van der Waals surface area contributed by atoms with E-state index >= 15 is 0 Å². The molecule has 0 spiro atoms. The zero-order chi connectivity index (χ0) is 36.4. The molecule has 0 radical (unpaired) electrons. The average Bonchev–Trinajstić information content (AvgIpc) is 3.73. The van der Waals surface area contributed by atoms with Crippen LogP contribution in [0.4, 0.5) is 0 Å². The third-order valence-electron chi connectivity index (χ3n) is 6.80. The van der Waals surface area contributed by atoms with Crippen LogP contribution in [0.15, 0.2) is 87.8 Å². The lowest BCUT2D eigenvalue weighted by molar-refractivity contribution is 0.0988. The van der Waals surface area contributed by atoms with Crippen molar-refractivity contribution >= 4 is 74.9 Å². The van der Waals surface area contributed by atoms with Crippen molar-refractivity contribution in [3.05, 3.63) is 89.2 Å². The van der Waals surface area contributed by atoms with Gasteiger partial charge in [-0.05, 0) is 51.7 Å². The molecule has 0 aromatic carbocycles. The number of methoxy groups -OCH3 is 2. The van der Waals surface area contributed by atoms with E-state index in [1.165, 1.54) is 31.8 Å². The number of hydrogen-bond acceptors (Lipinski definition) is 12. The van der Waals surface area contributed by atoms with Crippen LogP contribution in [0.3, 0.4) is 0 Å². The first-order valence-electron chi connectivity index (χ1n) is 14.9. The molecule has 6 aromatic rings. The maximum absolute atomic E-state index is 11.6. The number of carbonyl (C=O) groups excluding carboxylic acids is 2. The summed E-state index contributed by atoms with van der Waals surface area (Å²) in [5.74, 6) is 1.82. The zero-order valence-electron chi connectivity index (χ0n) is 27.5. The first-order chi connectivity index (χ1) is 24.0. The molecular weight excluding hydrogens is 747 g/mol. The smallest absolute Gasteiger partial charge is 0.481 e. The number of thioether (sulfide) groups is 2. The number of carbonyl (C=O) groups is 2. The quantitative estimate of drug-likeness (QED) is 0.116. The summed E-state index contributed by atoms with van der Waals surface area (Å²) in [6.45, 7) is 4.06. The molecule has 0 aliphatic carbocycles. The Balaban J connectivity index is 0.000000181. The highest BCUT2D eigenvalue weighted by atomic mass is 79.9. The number of primary amides is 2. The van der Waals surface area contributed by atoms with E-state index in [1.54, 1.807) is 51.9 Å². The molecular formula is C32H34BBrN8O6S2. The first-order valence-corrected chi connectivity index (χ1v) is 17.7. The molecule has 0 saturated heterocycles. The lowest BCUT2D eigenvalue weighted by atomic mass is 9.82. The maximum Gasteiger partial charge on any atom is 0.490 e. The van der Waals surface area contributed by atoms with Gasteiger partial charge in [0.15, 0.2) is 0 Å². The van der Waals surface area contributed by atoms with Gasteiger partial charge in [0.05, 0.1) is 48.8 Å². The molecule has 6 heterocycles. The summed E-state index contributed by atoms with van der Waals surface area (Å²) in [6.07, 6.45) is 9.88. The first kappa shape index (κ1) is 38.2. The molecule has 14 nitrogen and oxygen atoms in total. The summed E-state index contributed by atoms with van der Waals surface area (Å²) in [4.78, 5) is 32.6. The molecule has 2 amide bonds. The fourth-order valence-electron chi connectivity index (χ4n) is 4.47. The molecule has 0 bridgehead atoms. The van der Waals surface area contributed by atoms with Crippen molar-refractivity contribution < 1.29 is 29.1 Å². The van der Waals surface area contributed by atoms with Crippen molar-refractivity contribution in [1.82, 2.24) is 29.2 Å². The number of nitrogens with two attached hydrogens (primary N) is 2. The van der Waals surface area contributed by atoms with Crippen LogP contribution in [-0.4, -0.2) is 83.9 Å². The van der Waals surface area contributed by atoms with Crippen molar-refractivity contribution in [2.45, 2.75) is 23.6 Å². The predicted octanol–water partition coefficient (Wildman–Crippen LogP) is 3.69. The molecule has 0 saturated carbocycles. The zero-order valence-corrected chi connectivity index (χ0v) is 30.7. The van der Waals surface area contributed by atoms with Gasteiger partial charge in [0.2, 0.25) is 11.8 Å². The largest absolute Gasteiger partial charge is 0.490 e. The second kappa shape index (κ2) is 17.9. The standard InChI is InChI=1S/C16H16N4O2S.C10H10BrN3OS.C6H8BNO3/c1-3-23-15-12(16(17)21)8-19-20-9-11(6-13(15)20)10-4-5-14(22-2)18-7-10;1-2-16-9-7(10(12)15)4-13-14-5-6(11)3-8(9)14;1-11-6-3-2-5(4-8-6)7(9)10/h4-9H,3H2,1-2H3,(H2,17,21);3-5H,2H2,1H3,(H2,12,15);2-4,9-10H,1H3. The monoisotopic (exact) mass is 780 g/mol. The van der Waals surface area contributed by atoms with Crippen LogP contribution in [0.2, 0.25) is 0 Å². The Hall–Kier alpha value is -4.62. The van der Waals surface area contributed by atoms with E-state index in [-0.39, 0.29) is 0 Å². The van der Waals surface area contributed by atoms with E-state index in [2.05, 4.69) is 36.1 Å². The summed E-state index contributed by atoms with van der Waals surface area (Å²) in [5.41, 5.74) is 15.7. The molecule has 50 heavy (non-hydrogen) atoms. The van der Waals surface area contributed by atoms with Crippen molar-refractivity contribution in [1.29, 1.82) is 0 Å². The summed E-state index contributed by atoms with van der Waals surface area (Å²) < 4.78 is 14.3. The molecule has 6 rings (SSSR count). The number of rotatable bonds is 10. The lowest BCUT2D eigenvalue weighted by Crippen LogP contribution is -2.29. The number of amides is 2. The Labute approximate surface area is 304 Å². The Morgan fingerprint density at radius 1 is 0.780 bits per heavy atom. The van der Waals surface area contributed by atoms with Gasteiger partial charge >= 0.3 is 7.12 Å². The number of halogens is 1. The van der Waals surface area contributed by atoms with Crippen LogP contribution in [-0.2, 0) is 0 Å². The van der Waals surface area contributed by atoms with Gasteiger partial charge in [-0.3, -0.25) is 9.59 Å². The Kier molecular flexibility index (Phi) is 13.6.